The molecule has 1 aromatic rings. The number of hydrogen-bond acceptors (Lipinski definition) is 3. The minimum Gasteiger partial charge on any atom is -0.493 e. The molecule has 0 spiro atoms. The minimum absolute atomic E-state index is 0.0301. The molecular weight excluding hydrogens is 180 g/mol. The zero-order valence-electron chi connectivity index (χ0n) is 8.82. The largest absolute Gasteiger partial charge is 0.493 e. The smallest absolute Gasteiger partial charge is 0.220 e. The zero-order chi connectivity index (χ0) is 10.7. The summed E-state index contributed by atoms with van der Waals surface area (Å²) in [5.74, 6) is -0.120. The van der Waals surface area contributed by atoms with Gasteiger partial charge in [0.15, 0.2) is 5.78 Å². The zero-order valence-corrected chi connectivity index (χ0v) is 8.82. The lowest BCUT2D eigenvalue weighted by atomic mass is 9.97. The molecule has 14 heavy (non-hydrogen) atoms. The molecule has 0 bridgehead atoms. The van der Waals surface area contributed by atoms with E-state index in [0.717, 1.165) is 12.8 Å². The summed E-state index contributed by atoms with van der Waals surface area (Å²) in [6.45, 7) is 3.91. The average Bonchev–Trinajstić information content (AvgIpc) is 2.47. The van der Waals surface area contributed by atoms with Crippen molar-refractivity contribution in [3.8, 4) is 5.88 Å². The van der Waals surface area contributed by atoms with Crippen LogP contribution in [-0.2, 0) is 7.05 Å². The minimum atomic E-state index is -0.0462. The number of Topliss-reactive ketones (excluding diaryl/α,β-unsaturated/α-hetero) is 1. The fraction of sp³-hybridized carbons (Fsp3) is 0.600. The number of aromatic hydroxyl groups is 1. The van der Waals surface area contributed by atoms with E-state index < -0.39 is 0 Å². The van der Waals surface area contributed by atoms with E-state index in [4.69, 9.17) is 0 Å². The van der Waals surface area contributed by atoms with E-state index in [1.807, 2.05) is 13.8 Å². The second-order valence-electron chi connectivity index (χ2n) is 3.56. The van der Waals surface area contributed by atoms with Crippen LogP contribution >= 0.6 is 0 Å². The van der Waals surface area contributed by atoms with Gasteiger partial charge in [-0.15, -0.1) is 0 Å². The Morgan fingerprint density at radius 1 is 1.71 bits per heavy atom. The molecule has 0 fully saturated rings. The van der Waals surface area contributed by atoms with Gasteiger partial charge in [-0.2, -0.15) is 5.10 Å². The van der Waals surface area contributed by atoms with E-state index in [-0.39, 0.29) is 17.6 Å². The Kier molecular flexibility index (Phi) is 3.28. The molecule has 1 unspecified atom stereocenters. The van der Waals surface area contributed by atoms with Crippen molar-refractivity contribution < 1.29 is 9.90 Å². The van der Waals surface area contributed by atoms with E-state index in [9.17, 15) is 9.90 Å². The van der Waals surface area contributed by atoms with Gasteiger partial charge >= 0.3 is 0 Å². The molecule has 1 rings (SSSR count). The summed E-state index contributed by atoms with van der Waals surface area (Å²) in [5.41, 5.74) is 0.327. The predicted octanol–water partition coefficient (Wildman–Crippen LogP) is 1.74. The maximum absolute atomic E-state index is 11.8. The highest BCUT2D eigenvalue weighted by Gasteiger charge is 2.20. The summed E-state index contributed by atoms with van der Waals surface area (Å²) in [5, 5.41) is 13.3. The summed E-state index contributed by atoms with van der Waals surface area (Å²) in [6.07, 6.45) is 3.23. The van der Waals surface area contributed by atoms with Crippen molar-refractivity contribution in [2.75, 3.05) is 0 Å². The first kappa shape index (κ1) is 10.8. The fourth-order valence-electron chi connectivity index (χ4n) is 1.43. The van der Waals surface area contributed by atoms with Crippen molar-refractivity contribution in [2.45, 2.75) is 26.7 Å². The molecule has 0 aliphatic heterocycles. The molecule has 4 heteroatoms. The van der Waals surface area contributed by atoms with E-state index >= 15 is 0 Å². The summed E-state index contributed by atoms with van der Waals surface area (Å²) < 4.78 is 1.30. The second-order valence-corrected chi connectivity index (χ2v) is 3.56. The maximum Gasteiger partial charge on any atom is 0.220 e. The quantitative estimate of drug-likeness (QED) is 0.746. The number of aryl methyl sites for hydroxylation is 1. The lowest BCUT2D eigenvalue weighted by molar-refractivity contribution is 0.0920. The molecule has 1 heterocycles. The number of nitrogens with zero attached hydrogens (tertiary/aromatic N) is 2. The summed E-state index contributed by atoms with van der Waals surface area (Å²) >= 11 is 0. The van der Waals surface area contributed by atoms with Crippen LogP contribution < -0.4 is 0 Å². The van der Waals surface area contributed by atoms with Gasteiger partial charge < -0.3 is 5.11 Å². The molecule has 1 N–H and O–H groups in total. The highest BCUT2D eigenvalue weighted by molar-refractivity contribution is 5.99. The van der Waals surface area contributed by atoms with E-state index in [1.54, 1.807) is 7.05 Å². The van der Waals surface area contributed by atoms with Crippen LogP contribution in [0.2, 0.25) is 0 Å². The van der Waals surface area contributed by atoms with Crippen LogP contribution in [0.25, 0.3) is 0 Å². The number of carbonyl (C=O) groups excluding carboxylic acids is 1. The topological polar surface area (TPSA) is 55.1 Å². The van der Waals surface area contributed by atoms with Gasteiger partial charge in [-0.25, -0.2) is 4.68 Å². The van der Waals surface area contributed by atoms with Gasteiger partial charge in [0.2, 0.25) is 5.88 Å². The van der Waals surface area contributed by atoms with Gasteiger partial charge in [-0.3, -0.25) is 4.79 Å². The summed E-state index contributed by atoms with van der Waals surface area (Å²) in [7, 11) is 1.61. The maximum atomic E-state index is 11.8. The first-order chi connectivity index (χ1) is 6.57. The van der Waals surface area contributed by atoms with Crippen LogP contribution in [0.4, 0.5) is 0 Å². The van der Waals surface area contributed by atoms with Gasteiger partial charge in [0, 0.05) is 13.0 Å². The Morgan fingerprint density at radius 3 is 2.79 bits per heavy atom. The third-order valence-corrected chi connectivity index (χ3v) is 2.34. The van der Waals surface area contributed by atoms with Crippen molar-refractivity contribution in [3.63, 3.8) is 0 Å². The molecule has 0 amide bonds. The van der Waals surface area contributed by atoms with E-state index in [0.29, 0.717) is 5.56 Å². The van der Waals surface area contributed by atoms with Crippen LogP contribution in [0.3, 0.4) is 0 Å². The number of aromatic nitrogens is 2. The highest BCUT2D eigenvalue weighted by Crippen LogP contribution is 2.20. The van der Waals surface area contributed by atoms with Crippen molar-refractivity contribution in [1.82, 2.24) is 9.78 Å². The van der Waals surface area contributed by atoms with E-state index in [1.165, 1.54) is 10.9 Å². The van der Waals surface area contributed by atoms with E-state index in [2.05, 4.69) is 5.10 Å². The van der Waals surface area contributed by atoms with Crippen molar-refractivity contribution in [3.05, 3.63) is 11.8 Å². The molecule has 78 valence electrons. The van der Waals surface area contributed by atoms with Crippen molar-refractivity contribution in [2.24, 2.45) is 13.0 Å². The third kappa shape index (κ3) is 1.95. The molecular formula is C10H16N2O2. The van der Waals surface area contributed by atoms with Gasteiger partial charge in [-0.05, 0) is 6.42 Å². The highest BCUT2D eigenvalue weighted by atomic mass is 16.3. The summed E-state index contributed by atoms with van der Waals surface area (Å²) in [4.78, 5) is 11.8. The van der Waals surface area contributed by atoms with Crippen LogP contribution in [0, 0.1) is 5.92 Å². The van der Waals surface area contributed by atoms with Crippen LogP contribution in [0.1, 0.15) is 37.0 Å². The number of rotatable bonds is 4. The lowest BCUT2D eigenvalue weighted by Crippen LogP contribution is -2.10. The Balaban J connectivity index is 2.84. The van der Waals surface area contributed by atoms with Crippen molar-refractivity contribution >= 4 is 5.78 Å². The third-order valence-electron chi connectivity index (χ3n) is 2.34. The SMILES string of the molecule is CCCC(C)C(=O)c1cnn(C)c1O. The Morgan fingerprint density at radius 2 is 2.36 bits per heavy atom. The Hall–Kier alpha value is -1.32. The monoisotopic (exact) mass is 196 g/mol. The molecule has 1 atom stereocenters. The standard InChI is InChI=1S/C10H16N2O2/c1-4-5-7(2)9(13)8-6-11-12(3)10(8)14/h6-7,14H,4-5H2,1-3H3. The first-order valence-electron chi connectivity index (χ1n) is 4.83. The van der Waals surface area contributed by atoms with Gasteiger partial charge in [0.25, 0.3) is 0 Å². The fourth-order valence-corrected chi connectivity index (χ4v) is 1.43. The number of carbonyl (C=O) groups is 1. The van der Waals surface area contributed by atoms with Gasteiger partial charge in [-0.1, -0.05) is 20.3 Å². The molecule has 0 aromatic carbocycles. The van der Waals surface area contributed by atoms with Crippen molar-refractivity contribution in [1.29, 1.82) is 0 Å². The molecule has 0 aliphatic carbocycles. The molecule has 0 radical (unpaired) electrons. The first-order valence-corrected chi connectivity index (χ1v) is 4.83. The Labute approximate surface area is 83.5 Å². The second kappa shape index (κ2) is 4.26. The molecule has 4 nitrogen and oxygen atoms in total. The number of hydrogen-bond donors (Lipinski definition) is 1. The predicted molar refractivity (Wildman–Crippen MR) is 53.3 cm³/mol. The Bertz CT molecular complexity index is 331. The molecule has 0 saturated heterocycles. The molecule has 0 aliphatic rings. The summed E-state index contributed by atoms with van der Waals surface area (Å²) in [6, 6.07) is 0. The normalized spacial score (nSPS) is 12.8. The molecule has 0 saturated carbocycles. The lowest BCUT2D eigenvalue weighted by Gasteiger charge is -2.06. The van der Waals surface area contributed by atoms with Crippen LogP contribution in [0.15, 0.2) is 6.20 Å². The number of ketones is 1. The average molecular weight is 196 g/mol. The molecule has 1 aromatic heterocycles. The van der Waals surface area contributed by atoms with Crippen LogP contribution in [-0.4, -0.2) is 20.7 Å². The van der Waals surface area contributed by atoms with Crippen LogP contribution in [0.5, 0.6) is 5.88 Å². The van der Waals surface area contributed by atoms with Gasteiger partial charge in [0.1, 0.15) is 0 Å². The van der Waals surface area contributed by atoms with Gasteiger partial charge in [0.05, 0.1) is 11.8 Å².